The lowest BCUT2D eigenvalue weighted by molar-refractivity contribution is -0.139. The second-order valence-electron chi connectivity index (χ2n) is 7.53. The number of aromatic nitrogens is 3. The van der Waals surface area contributed by atoms with Crippen molar-refractivity contribution in [1.29, 1.82) is 0 Å². The Kier molecular flexibility index (Phi) is 5.78. The molecule has 0 saturated carbocycles. The summed E-state index contributed by atoms with van der Waals surface area (Å²) in [5.74, 6) is -1.02. The van der Waals surface area contributed by atoms with Gasteiger partial charge in [-0.15, -0.1) is 0 Å². The standard InChI is InChI=1S/C24H22N4O5/c1-12-15(14-5-7-25-8-6-14)9-17-18(23(30)28-22(17)27-12)10-19-21(24(31)33-4)16(13(2)26-19)11-20(29)32-3/h5-10,26H,11H2,1-4H3,(H,27,28,30). The summed E-state index contributed by atoms with van der Waals surface area (Å²) in [6.45, 7) is 3.61. The van der Waals surface area contributed by atoms with Crippen LogP contribution in [0.5, 0.6) is 0 Å². The van der Waals surface area contributed by atoms with Gasteiger partial charge in [0.2, 0.25) is 0 Å². The van der Waals surface area contributed by atoms with Crippen molar-refractivity contribution in [2.24, 2.45) is 0 Å². The van der Waals surface area contributed by atoms with Crippen molar-refractivity contribution in [3.63, 3.8) is 0 Å². The van der Waals surface area contributed by atoms with Crippen LogP contribution in [0.25, 0.3) is 22.8 Å². The van der Waals surface area contributed by atoms with Gasteiger partial charge in [0.1, 0.15) is 5.82 Å². The number of rotatable bonds is 5. The molecule has 0 aromatic carbocycles. The molecule has 4 heterocycles. The number of nitrogens with zero attached hydrogens (tertiary/aromatic N) is 2. The highest BCUT2D eigenvalue weighted by atomic mass is 16.5. The van der Waals surface area contributed by atoms with Crippen molar-refractivity contribution in [3.05, 3.63) is 64.4 Å². The van der Waals surface area contributed by atoms with E-state index in [-0.39, 0.29) is 17.9 Å². The Morgan fingerprint density at radius 2 is 1.82 bits per heavy atom. The zero-order chi connectivity index (χ0) is 23.7. The molecule has 9 nitrogen and oxygen atoms in total. The Bertz CT molecular complexity index is 1310. The van der Waals surface area contributed by atoms with Crippen LogP contribution < -0.4 is 5.32 Å². The van der Waals surface area contributed by atoms with Crippen molar-refractivity contribution in [2.75, 3.05) is 19.5 Å². The van der Waals surface area contributed by atoms with Crippen LogP contribution in [0.15, 0.2) is 30.6 Å². The van der Waals surface area contributed by atoms with Crippen LogP contribution >= 0.6 is 0 Å². The number of aryl methyl sites for hydroxylation is 2. The average molecular weight is 446 g/mol. The quantitative estimate of drug-likeness (QED) is 0.456. The fourth-order valence-corrected chi connectivity index (χ4v) is 3.89. The molecule has 0 spiro atoms. The number of nitrogens with one attached hydrogen (secondary N) is 2. The Morgan fingerprint density at radius 1 is 1.09 bits per heavy atom. The number of amides is 1. The molecular weight excluding hydrogens is 424 g/mol. The van der Waals surface area contributed by atoms with Crippen LogP contribution in [0.1, 0.15) is 38.6 Å². The topological polar surface area (TPSA) is 123 Å². The number of ether oxygens (including phenoxy) is 2. The van der Waals surface area contributed by atoms with Gasteiger partial charge in [-0.3, -0.25) is 14.6 Å². The van der Waals surface area contributed by atoms with Gasteiger partial charge in [0, 0.05) is 34.9 Å². The van der Waals surface area contributed by atoms with Crippen LogP contribution in [0.4, 0.5) is 5.82 Å². The molecule has 0 saturated heterocycles. The largest absolute Gasteiger partial charge is 0.469 e. The van der Waals surface area contributed by atoms with Crippen molar-refractivity contribution >= 4 is 35.3 Å². The molecule has 0 aliphatic carbocycles. The van der Waals surface area contributed by atoms with E-state index < -0.39 is 11.9 Å². The van der Waals surface area contributed by atoms with Gasteiger partial charge in [-0.2, -0.15) is 0 Å². The molecule has 1 aliphatic heterocycles. The van der Waals surface area contributed by atoms with E-state index in [0.717, 1.165) is 16.8 Å². The minimum Gasteiger partial charge on any atom is -0.469 e. The number of carbonyl (C=O) groups is 3. The van der Waals surface area contributed by atoms with E-state index >= 15 is 0 Å². The fourth-order valence-electron chi connectivity index (χ4n) is 3.89. The highest BCUT2D eigenvalue weighted by Crippen LogP contribution is 2.37. The maximum atomic E-state index is 12.8. The predicted molar refractivity (Wildman–Crippen MR) is 121 cm³/mol. The van der Waals surface area contributed by atoms with Gasteiger partial charge in [-0.25, -0.2) is 9.78 Å². The number of carbonyl (C=O) groups excluding carboxylic acids is 3. The molecule has 1 amide bonds. The van der Waals surface area contributed by atoms with Crippen LogP contribution in [-0.2, 0) is 25.5 Å². The average Bonchev–Trinajstić information content (AvgIpc) is 3.28. The molecule has 1 aliphatic rings. The molecule has 0 unspecified atom stereocenters. The van der Waals surface area contributed by atoms with Gasteiger partial charge in [0.25, 0.3) is 5.91 Å². The van der Waals surface area contributed by atoms with Crippen LogP contribution in [0.2, 0.25) is 0 Å². The maximum absolute atomic E-state index is 12.8. The van der Waals surface area contributed by atoms with Gasteiger partial charge < -0.3 is 19.8 Å². The molecule has 9 heteroatoms. The molecule has 3 aromatic heterocycles. The summed E-state index contributed by atoms with van der Waals surface area (Å²) in [4.78, 5) is 49.0. The SMILES string of the molecule is COC(=O)Cc1c(C)[nH]c(C=C2C(=O)Nc3nc(C)c(-c4ccncc4)cc32)c1C(=O)OC. The summed E-state index contributed by atoms with van der Waals surface area (Å²) in [7, 11) is 2.54. The predicted octanol–water partition coefficient (Wildman–Crippen LogP) is 3.08. The maximum Gasteiger partial charge on any atom is 0.340 e. The number of pyridine rings is 2. The molecule has 3 aromatic rings. The molecule has 0 fully saturated rings. The number of anilines is 1. The Balaban J connectivity index is 1.86. The van der Waals surface area contributed by atoms with Crippen molar-refractivity contribution in [3.8, 4) is 11.1 Å². The normalized spacial score (nSPS) is 13.6. The molecule has 0 atom stereocenters. The van der Waals surface area contributed by atoms with E-state index in [1.807, 2.05) is 25.1 Å². The highest BCUT2D eigenvalue weighted by Gasteiger charge is 2.29. The van der Waals surface area contributed by atoms with E-state index in [4.69, 9.17) is 9.47 Å². The number of fused-ring (bicyclic) bond motifs is 1. The third kappa shape index (κ3) is 4.00. The van der Waals surface area contributed by atoms with Crippen molar-refractivity contribution in [2.45, 2.75) is 20.3 Å². The number of aromatic amines is 1. The first kappa shape index (κ1) is 21.9. The van der Waals surface area contributed by atoms with Crippen LogP contribution in [-0.4, -0.2) is 47.0 Å². The van der Waals surface area contributed by atoms with Gasteiger partial charge >= 0.3 is 11.9 Å². The summed E-state index contributed by atoms with van der Waals surface area (Å²) >= 11 is 0. The first-order valence-corrected chi connectivity index (χ1v) is 10.2. The summed E-state index contributed by atoms with van der Waals surface area (Å²) < 4.78 is 9.69. The monoisotopic (exact) mass is 446 g/mol. The van der Waals surface area contributed by atoms with Crippen molar-refractivity contribution < 1.29 is 23.9 Å². The molecule has 0 bridgehead atoms. The second kappa shape index (κ2) is 8.70. The lowest BCUT2D eigenvalue weighted by atomic mass is 9.99. The van der Waals surface area contributed by atoms with Gasteiger partial charge in [-0.05, 0) is 49.2 Å². The number of hydrogen-bond acceptors (Lipinski definition) is 7. The van der Waals surface area contributed by atoms with Gasteiger partial charge in [0.05, 0.1) is 37.5 Å². The zero-order valence-corrected chi connectivity index (χ0v) is 18.6. The van der Waals surface area contributed by atoms with E-state index in [9.17, 15) is 14.4 Å². The smallest absolute Gasteiger partial charge is 0.340 e. The summed E-state index contributed by atoms with van der Waals surface area (Å²) in [5, 5.41) is 2.78. The third-order valence-corrected chi connectivity index (χ3v) is 5.54. The number of esters is 2. The zero-order valence-electron chi connectivity index (χ0n) is 18.6. The van der Waals surface area contributed by atoms with E-state index in [1.54, 1.807) is 25.4 Å². The molecule has 2 N–H and O–H groups in total. The highest BCUT2D eigenvalue weighted by molar-refractivity contribution is 6.34. The van der Waals surface area contributed by atoms with Crippen LogP contribution in [0.3, 0.4) is 0 Å². The molecule has 33 heavy (non-hydrogen) atoms. The lowest BCUT2D eigenvalue weighted by Crippen LogP contribution is -2.11. The van der Waals surface area contributed by atoms with E-state index in [2.05, 4.69) is 20.3 Å². The molecule has 4 rings (SSSR count). The fraction of sp³-hybridized carbons (Fsp3) is 0.208. The number of hydrogen-bond donors (Lipinski definition) is 2. The summed E-state index contributed by atoms with van der Waals surface area (Å²) in [6.07, 6.45) is 4.85. The summed E-state index contributed by atoms with van der Waals surface area (Å²) in [5.41, 5.74) is 5.09. The van der Waals surface area contributed by atoms with Gasteiger partial charge in [-0.1, -0.05) is 0 Å². The number of H-pyrrole nitrogens is 1. The molecule has 168 valence electrons. The molecule has 0 radical (unpaired) electrons. The summed E-state index contributed by atoms with van der Waals surface area (Å²) in [6, 6.07) is 5.62. The first-order chi connectivity index (χ1) is 15.8. The van der Waals surface area contributed by atoms with Crippen LogP contribution in [0, 0.1) is 13.8 Å². The van der Waals surface area contributed by atoms with Crippen molar-refractivity contribution in [1.82, 2.24) is 15.0 Å². The van der Waals surface area contributed by atoms with Gasteiger partial charge in [0.15, 0.2) is 0 Å². The lowest BCUT2D eigenvalue weighted by Gasteiger charge is -2.08. The minimum absolute atomic E-state index is 0.109. The van der Waals surface area contributed by atoms with E-state index in [1.165, 1.54) is 14.2 Å². The minimum atomic E-state index is -0.622. The second-order valence-corrected chi connectivity index (χ2v) is 7.53. The number of methoxy groups -OCH3 is 2. The van der Waals surface area contributed by atoms with E-state index in [0.29, 0.717) is 33.9 Å². The first-order valence-electron chi connectivity index (χ1n) is 10.2. The Morgan fingerprint density at radius 3 is 2.48 bits per heavy atom. The third-order valence-electron chi connectivity index (χ3n) is 5.54. The Labute approximate surface area is 189 Å². The Hall–Kier alpha value is -4.27. The molecular formula is C24H22N4O5.